The first-order valence-corrected chi connectivity index (χ1v) is 7.84. The quantitative estimate of drug-likeness (QED) is 0.343. The highest BCUT2D eigenvalue weighted by atomic mass is 32.1. The Bertz CT molecular complexity index is 593. The third kappa shape index (κ3) is 3.46. The van der Waals surface area contributed by atoms with E-state index < -0.39 is 28.8 Å². The molecule has 0 radical (unpaired) electrons. The average molecular weight is 316 g/mol. The number of halogens is 4. The summed E-state index contributed by atoms with van der Waals surface area (Å²) in [5.74, 6) is -5.39. The molecule has 0 spiro atoms. The monoisotopic (exact) mass is 316 g/mol. The molecule has 2 rings (SSSR count). The molecule has 1 heterocycles. The van der Waals surface area contributed by atoms with Crippen LogP contribution in [0.4, 0.5) is 17.6 Å². The van der Waals surface area contributed by atoms with Gasteiger partial charge in [0.2, 0.25) is 0 Å². The van der Waals surface area contributed by atoms with Crippen LogP contribution in [0.2, 0.25) is 0 Å². The van der Waals surface area contributed by atoms with E-state index in [1.807, 2.05) is 0 Å². The largest absolute Gasteiger partial charge is 0.204 e. The molecule has 0 amide bonds. The van der Waals surface area contributed by atoms with Crippen molar-refractivity contribution in [1.29, 1.82) is 0 Å². The van der Waals surface area contributed by atoms with E-state index in [1.54, 1.807) is 11.4 Å². The van der Waals surface area contributed by atoms with E-state index in [9.17, 15) is 17.6 Å². The molecule has 2 aromatic rings. The SMILES string of the molecule is CCCCCCc1ccsc1-c1c(F)c(F)cc(F)c1F. The van der Waals surface area contributed by atoms with Crippen molar-refractivity contribution in [3.63, 3.8) is 0 Å². The Kier molecular flexibility index (Phi) is 5.39. The summed E-state index contributed by atoms with van der Waals surface area (Å²) in [5, 5.41) is 1.69. The zero-order valence-corrected chi connectivity index (χ0v) is 12.5. The van der Waals surface area contributed by atoms with Crippen molar-refractivity contribution in [3.8, 4) is 10.4 Å². The summed E-state index contributed by atoms with van der Waals surface area (Å²) < 4.78 is 54.3. The molecule has 0 unspecified atom stereocenters. The molecule has 0 fully saturated rings. The number of thiophene rings is 1. The molecule has 0 saturated carbocycles. The van der Waals surface area contributed by atoms with E-state index in [0.717, 1.165) is 42.6 Å². The zero-order valence-electron chi connectivity index (χ0n) is 11.7. The van der Waals surface area contributed by atoms with Gasteiger partial charge in [-0.05, 0) is 29.9 Å². The lowest BCUT2D eigenvalue weighted by molar-refractivity contribution is 0.458. The minimum absolute atomic E-state index is 0.239. The second-order valence-corrected chi connectivity index (χ2v) is 5.84. The summed E-state index contributed by atoms with van der Waals surface area (Å²) in [6.07, 6.45) is 4.74. The minimum atomic E-state index is -1.37. The predicted molar refractivity (Wildman–Crippen MR) is 77.4 cm³/mol. The Morgan fingerprint density at radius 2 is 1.62 bits per heavy atom. The molecular formula is C16H16F4S. The number of benzene rings is 1. The van der Waals surface area contributed by atoms with Crippen molar-refractivity contribution in [3.05, 3.63) is 46.3 Å². The number of rotatable bonds is 6. The van der Waals surface area contributed by atoms with Crippen LogP contribution in [-0.4, -0.2) is 0 Å². The van der Waals surface area contributed by atoms with E-state index in [1.165, 1.54) is 0 Å². The lowest BCUT2D eigenvalue weighted by Crippen LogP contribution is -1.99. The van der Waals surface area contributed by atoms with Crippen LogP contribution in [0.15, 0.2) is 17.5 Å². The second-order valence-electron chi connectivity index (χ2n) is 4.93. The van der Waals surface area contributed by atoms with Crippen molar-refractivity contribution < 1.29 is 17.6 Å². The van der Waals surface area contributed by atoms with Crippen LogP contribution in [0.5, 0.6) is 0 Å². The Morgan fingerprint density at radius 3 is 2.24 bits per heavy atom. The van der Waals surface area contributed by atoms with E-state index in [2.05, 4.69) is 6.92 Å². The predicted octanol–water partition coefficient (Wildman–Crippen LogP) is 6.09. The maximum atomic E-state index is 13.9. The van der Waals surface area contributed by atoms with E-state index in [0.29, 0.717) is 6.42 Å². The lowest BCUT2D eigenvalue weighted by Gasteiger charge is -2.08. The maximum Gasteiger partial charge on any atom is 0.170 e. The van der Waals surface area contributed by atoms with Crippen molar-refractivity contribution in [2.75, 3.05) is 0 Å². The van der Waals surface area contributed by atoms with Crippen LogP contribution in [0.3, 0.4) is 0 Å². The summed E-state index contributed by atoms with van der Waals surface area (Å²) in [6.45, 7) is 2.09. The Balaban J connectivity index is 2.33. The van der Waals surface area contributed by atoms with Crippen molar-refractivity contribution in [2.24, 2.45) is 0 Å². The standard InChI is InChI=1S/C16H16F4S/c1-2-3-4-5-6-10-7-8-21-16(10)13-14(19)11(17)9-12(18)15(13)20/h7-9H,2-6H2,1H3. The molecule has 21 heavy (non-hydrogen) atoms. The third-order valence-electron chi connectivity index (χ3n) is 3.39. The van der Waals surface area contributed by atoms with Crippen LogP contribution in [0.1, 0.15) is 38.2 Å². The van der Waals surface area contributed by atoms with Crippen LogP contribution >= 0.6 is 11.3 Å². The minimum Gasteiger partial charge on any atom is -0.204 e. The fourth-order valence-corrected chi connectivity index (χ4v) is 3.25. The van der Waals surface area contributed by atoms with Gasteiger partial charge >= 0.3 is 0 Å². The molecule has 0 aliphatic rings. The third-order valence-corrected chi connectivity index (χ3v) is 4.36. The number of hydrogen-bond donors (Lipinski definition) is 0. The molecule has 0 nitrogen and oxygen atoms in total. The summed E-state index contributed by atoms with van der Waals surface area (Å²) >= 11 is 1.10. The van der Waals surface area contributed by atoms with Gasteiger partial charge in [-0.15, -0.1) is 11.3 Å². The summed E-state index contributed by atoms with van der Waals surface area (Å²) in [4.78, 5) is 0.278. The van der Waals surface area contributed by atoms with Gasteiger partial charge in [0, 0.05) is 10.9 Å². The Labute approximate surface area is 125 Å². The molecule has 0 aliphatic carbocycles. The molecule has 0 atom stereocenters. The average Bonchev–Trinajstić information content (AvgIpc) is 2.90. The van der Waals surface area contributed by atoms with E-state index in [-0.39, 0.29) is 10.9 Å². The second kappa shape index (κ2) is 7.07. The van der Waals surface area contributed by atoms with Gasteiger partial charge in [0.25, 0.3) is 0 Å². The summed E-state index contributed by atoms with van der Waals surface area (Å²) in [7, 11) is 0. The zero-order chi connectivity index (χ0) is 15.4. The van der Waals surface area contributed by atoms with Gasteiger partial charge in [0.1, 0.15) is 0 Å². The summed E-state index contributed by atoms with van der Waals surface area (Å²) in [5.41, 5.74) is 0.145. The van der Waals surface area contributed by atoms with Crippen LogP contribution in [0.25, 0.3) is 10.4 Å². The smallest absolute Gasteiger partial charge is 0.170 e. The molecule has 5 heteroatoms. The molecule has 1 aromatic heterocycles. The Morgan fingerprint density at radius 1 is 0.952 bits per heavy atom. The Hall–Kier alpha value is -1.36. The van der Waals surface area contributed by atoms with Crippen molar-refractivity contribution in [2.45, 2.75) is 39.0 Å². The number of hydrogen-bond acceptors (Lipinski definition) is 1. The highest BCUT2D eigenvalue weighted by Crippen LogP contribution is 2.36. The van der Waals surface area contributed by atoms with Gasteiger partial charge in [-0.2, -0.15) is 0 Å². The normalized spacial score (nSPS) is 11.1. The van der Waals surface area contributed by atoms with Gasteiger partial charge in [0.05, 0.1) is 5.56 Å². The number of aryl methyl sites for hydroxylation is 1. The van der Waals surface area contributed by atoms with Crippen LogP contribution < -0.4 is 0 Å². The van der Waals surface area contributed by atoms with E-state index >= 15 is 0 Å². The fourth-order valence-electron chi connectivity index (χ4n) is 2.27. The van der Waals surface area contributed by atoms with Gasteiger partial charge in [-0.1, -0.05) is 26.2 Å². The lowest BCUT2D eigenvalue weighted by atomic mass is 10.0. The molecule has 114 valence electrons. The first kappa shape index (κ1) is 16.0. The van der Waals surface area contributed by atoms with Crippen LogP contribution in [-0.2, 0) is 6.42 Å². The highest BCUT2D eigenvalue weighted by Gasteiger charge is 2.23. The first-order valence-electron chi connectivity index (χ1n) is 6.96. The van der Waals surface area contributed by atoms with Gasteiger partial charge in [-0.3, -0.25) is 0 Å². The first-order chi connectivity index (χ1) is 10.1. The molecule has 0 N–H and O–H groups in total. The molecule has 0 bridgehead atoms. The van der Waals surface area contributed by atoms with Crippen molar-refractivity contribution >= 4 is 11.3 Å². The number of unbranched alkanes of at least 4 members (excludes halogenated alkanes) is 3. The molecule has 1 aromatic carbocycles. The fraction of sp³-hybridized carbons (Fsp3) is 0.375. The highest BCUT2D eigenvalue weighted by molar-refractivity contribution is 7.13. The van der Waals surface area contributed by atoms with Gasteiger partial charge < -0.3 is 0 Å². The molecular weight excluding hydrogens is 300 g/mol. The molecule has 0 aliphatic heterocycles. The van der Waals surface area contributed by atoms with E-state index in [4.69, 9.17) is 0 Å². The van der Waals surface area contributed by atoms with Crippen LogP contribution in [0, 0.1) is 23.3 Å². The van der Waals surface area contributed by atoms with Gasteiger partial charge in [0.15, 0.2) is 23.3 Å². The topological polar surface area (TPSA) is 0 Å². The molecule has 0 saturated heterocycles. The van der Waals surface area contributed by atoms with Crippen molar-refractivity contribution in [1.82, 2.24) is 0 Å². The maximum absolute atomic E-state index is 13.9. The van der Waals surface area contributed by atoms with Gasteiger partial charge in [-0.25, -0.2) is 17.6 Å². The summed E-state index contributed by atoms with van der Waals surface area (Å²) in [6, 6.07) is 2.00.